The van der Waals surface area contributed by atoms with Crippen LogP contribution in [-0.2, 0) is 11.8 Å². The number of nitrogens with zero attached hydrogens (tertiary/aromatic N) is 3. The molecule has 0 saturated carbocycles. The maximum atomic E-state index is 11.5. The molecule has 0 bridgehead atoms. The van der Waals surface area contributed by atoms with Gasteiger partial charge in [0.05, 0.1) is 35.6 Å². The van der Waals surface area contributed by atoms with Crippen LogP contribution >= 0.6 is 11.8 Å². The third-order valence-electron chi connectivity index (χ3n) is 2.22. The molecule has 0 radical (unpaired) electrons. The molecule has 0 fully saturated rings. The van der Waals surface area contributed by atoms with Crippen molar-refractivity contribution in [1.82, 2.24) is 14.8 Å². The van der Waals surface area contributed by atoms with E-state index in [-0.39, 0.29) is 0 Å². The van der Waals surface area contributed by atoms with Gasteiger partial charge in [0, 0.05) is 13.2 Å². The number of carbonyl (C=O) groups is 1. The summed E-state index contributed by atoms with van der Waals surface area (Å²) in [5, 5.41) is 4.72. The van der Waals surface area contributed by atoms with Gasteiger partial charge in [-0.05, 0) is 6.07 Å². The number of hydrogen-bond donors (Lipinski definition) is 1. The molecule has 2 aromatic heterocycles. The lowest BCUT2D eigenvalue weighted by molar-refractivity contribution is 0.0601. The maximum Gasteiger partial charge on any atom is 0.340 e. The monoisotopic (exact) mass is 264 g/mol. The number of aromatic nitrogens is 3. The maximum absolute atomic E-state index is 11.5. The van der Waals surface area contributed by atoms with E-state index in [4.69, 9.17) is 5.73 Å². The minimum atomic E-state index is -0.470. The Morgan fingerprint density at radius 3 is 2.89 bits per heavy atom. The predicted molar refractivity (Wildman–Crippen MR) is 67.3 cm³/mol. The molecule has 0 amide bonds. The lowest BCUT2D eigenvalue weighted by Crippen LogP contribution is -2.06. The number of anilines is 1. The highest BCUT2D eigenvalue weighted by molar-refractivity contribution is 7.99. The average Bonchev–Trinajstić information content (AvgIpc) is 2.76. The number of nitrogen functional groups attached to an aromatic ring is 1. The summed E-state index contributed by atoms with van der Waals surface area (Å²) in [6.45, 7) is 0. The number of methoxy groups -OCH3 is 1. The number of rotatable bonds is 3. The zero-order valence-corrected chi connectivity index (χ0v) is 10.8. The normalized spacial score (nSPS) is 10.3. The van der Waals surface area contributed by atoms with Crippen molar-refractivity contribution >= 4 is 23.4 Å². The van der Waals surface area contributed by atoms with E-state index in [1.807, 2.05) is 13.2 Å². The van der Waals surface area contributed by atoms with E-state index in [2.05, 4.69) is 14.8 Å². The molecule has 0 aromatic carbocycles. The number of hydrogen-bond acceptors (Lipinski definition) is 6. The molecule has 94 valence electrons. The van der Waals surface area contributed by atoms with E-state index in [0.29, 0.717) is 16.3 Å². The Balaban J connectivity index is 2.27. The zero-order chi connectivity index (χ0) is 13.1. The number of nitrogens with two attached hydrogens (primary N) is 1. The summed E-state index contributed by atoms with van der Waals surface area (Å²) in [5.74, 6) is -0.470. The second-order valence-corrected chi connectivity index (χ2v) is 4.65. The molecule has 2 rings (SSSR count). The third-order valence-corrected chi connectivity index (χ3v) is 3.10. The van der Waals surface area contributed by atoms with Gasteiger partial charge in [-0.3, -0.25) is 4.68 Å². The van der Waals surface area contributed by atoms with Gasteiger partial charge in [-0.1, -0.05) is 11.8 Å². The first-order valence-electron chi connectivity index (χ1n) is 5.10. The summed E-state index contributed by atoms with van der Waals surface area (Å²) in [6, 6.07) is 1.61. The Labute approximate surface area is 108 Å². The fraction of sp³-hybridized carbons (Fsp3) is 0.182. The second-order valence-electron chi connectivity index (χ2n) is 3.55. The summed E-state index contributed by atoms with van der Waals surface area (Å²) in [7, 11) is 3.15. The molecule has 2 aromatic rings. The number of ether oxygens (including phenoxy) is 1. The largest absolute Gasteiger partial charge is 0.465 e. The first-order valence-corrected chi connectivity index (χ1v) is 5.92. The molecular weight excluding hydrogens is 252 g/mol. The molecule has 0 saturated heterocycles. The van der Waals surface area contributed by atoms with Gasteiger partial charge in [0.1, 0.15) is 5.03 Å². The molecular formula is C11H12N4O2S. The summed E-state index contributed by atoms with van der Waals surface area (Å²) >= 11 is 1.40. The van der Waals surface area contributed by atoms with Crippen LogP contribution < -0.4 is 5.73 Å². The van der Waals surface area contributed by atoms with Crippen molar-refractivity contribution < 1.29 is 9.53 Å². The van der Waals surface area contributed by atoms with Gasteiger partial charge in [-0.15, -0.1) is 0 Å². The highest BCUT2D eigenvalue weighted by atomic mass is 32.2. The van der Waals surface area contributed by atoms with E-state index >= 15 is 0 Å². The molecule has 0 unspecified atom stereocenters. The smallest absolute Gasteiger partial charge is 0.340 e. The van der Waals surface area contributed by atoms with Gasteiger partial charge in [-0.25, -0.2) is 9.78 Å². The molecule has 0 aliphatic rings. The van der Waals surface area contributed by atoms with E-state index in [0.717, 1.165) is 4.90 Å². The Bertz CT molecular complexity index is 582. The van der Waals surface area contributed by atoms with Crippen LogP contribution in [0.1, 0.15) is 10.4 Å². The highest BCUT2D eigenvalue weighted by Gasteiger charge is 2.12. The number of aryl methyl sites for hydroxylation is 1. The molecule has 0 aliphatic heterocycles. The lowest BCUT2D eigenvalue weighted by Gasteiger charge is -2.05. The van der Waals surface area contributed by atoms with Gasteiger partial charge in [0.2, 0.25) is 0 Å². The van der Waals surface area contributed by atoms with Crippen LogP contribution in [0.4, 0.5) is 5.69 Å². The molecule has 6 nitrogen and oxygen atoms in total. The summed E-state index contributed by atoms with van der Waals surface area (Å²) in [6.07, 6.45) is 5.03. The van der Waals surface area contributed by atoms with Crippen LogP contribution in [0, 0.1) is 0 Å². The lowest BCUT2D eigenvalue weighted by atomic mass is 10.2. The third kappa shape index (κ3) is 2.62. The van der Waals surface area contributed by atoms with Crippen molar-refractivity contribution in [3.63, 3.8) is 0 Å². The van der Waals surface area contributed by atoms with Crippen molar-refractivity contribution in [2.75, 3.05) is 12.8 Å². The Hall–Kier alpha value is -2.02. The van der Waals surface area contributed by atoms with E-state index in [9.17, 15) is 4.79 Å². The SMILES string of the molecule is COC(=O)c1cc(Sc2cnn(C)c2)ncc1N. The van der Waals surface area contributed by atoms with Crippen LogP contribution in [-0.4, -0.2) is 27.8 Å². The van der Waals surface area contributed by atoms with Crippen LogP contribution in [0.2, 0.25) is 0 Å². The standard InChI is InChI=1S/C11H12N4O2S/c1-15-6-7(4-14-15)18-10-3-8(11(16)17-2)9(12)5-13-10/h3-6H,12H2,1-2H3. The fourth-order valence-electron chi connectivity index (χ4n) is 1.36. The molecule has 0 aliphatic carbocycles. The Morgan fingerprint density at radius 1 is 1.50 bits per heavy atom. The molecule has 7 heteroatoms. The van der Waals surface area contributed by atoms with Crippen LogP contribution in [0.5, 0.6) is 0 Å². The number of esters is 1. The quantitative estimate of drug-likeness (QED) is 0.842. The van der Waals surface area contributed by atoms with Crippen molar-refractivity contribution in [3.8, 4) is 0 Å². The average molecular weight is 264 g/mol. The Morgan fingerprint density at radius 2 is 2.28 bits per heavy atom. The summed E-state index contributed by atoms with van der Waals surface area (Å²) in [5.41, 5.74) is 6.30. The van der Waals surface area contributed by atoms with Crippen LogP contribution in [0.3, 0.4) is 0 Å². The van der Waals surface area contributed by atoms with Gasteiger partial charge in [-0.2, -0.15) is 5.10 Å². The van der Waals surface area contributed by atoms with Crippen LogP contribution in [0.25, 0.3) is 0 Å². The molecule has 18 heavy (non-hydrogen) atoms. The topological polar surface area (TPSA) is 83.0 Å². The first kappa shape index (κ1) is 12.4. The van der Waals surface area contributed by atoms with E-state index in [1.165, 1.54) is 25.1 Å². The molecule has 0 atom stereocenters. The molecule has 2 heterocycles. The fourth-order valence-corrected chi connectivity index (χ4v) is 2.19. The van der Waals surface area contributed by atoms with Crippen molar-refractivity contribution in [3.05, 3.63) is 30.2 Å². The zero-order valence-electron chi connectivity index (χ0n) is 9.95. The Kier molecular flexibility index (Phi) is 3.52. The second kappa shape index (κ2) is 5.09. The highest BCUT2D eigenvalue weighted by Crippen LogP contribution is 2.27. The van der Waals surface area contributed by atoms with Gasteiger partial charge in [0.25, 0.3) is 0 Å². The van der Waals surface area contributed by atoms with Crippen molar-refractivity contribution in [2.45, 2.75) is 9.92 Å². The van der Waals surface area contributed by atoms with Gasteiger partial charge in [0.15, 0.2) is 0 Å². The van der Waals surface area contributed by atoms with Gasteiger partial charge >= 0.3 is 5.97 Å². The van der Waals surface area contributed by atoms with E-state index < -0.39 is 5.97 Å². The minimum absolute atomic E-state index is 0.303. The first-order chi connectivity index (χ1) is 8.60. The van der Waals surface area contributed by atoms with Gasteiger partial charge < -0.3 is 10.5 Å². The summed E-state index contributed by atoms with van der Waals surface area (Å²) in [4.78, 5) is 16.6. The van der Waals surface area contributed by atoms with Crippen LogP contribution in [0.15, 0.2) is 34.6 Å². The van der Waals surface area contributed by atoms with Crippen molar-refractivity contribution in [2.24, 2.45) is 7.05 Å². The predicted octanol–water partition coefficient (Wildman–Crippen LogP) is 1.34. The summed E-state index contributed by atoms with van der Waals surface area (Å²) < 4.78 is 6.35. The molecule has 0 spiro atoms. The number of carbonyl (C=O) groups excluding carboxylic acids is 1. The number of pyridine rings is 1. The molecule has 2 N–H and O–H groups in total. The van der Waals surface area contributed by atoms with E-state index in [1.54, 1.807) is 16.9 Å². The van der Waals surface area contributed by atoms with Crippen molar-refractivity contribution in [1.29, 1.82) is 0 Å². The minimum Gasteiger partial charge on any atom is -0.465 e.